The Morgan fingerprint density at radius 1 is 1.25 bits per heavy atom. The quantitative estimate of drug-likeness (QED) is 0.782. The zero-order valence-electron chi connectivity index (χ0n) is 12.9. The Balaban J connectivity index is 1.76. The third kappa shape index (κ3) is 2.35. The number of hydrogen-bond donors (Lipinski definition) is 0. The predicted molar refractivity (Wildman–Crippen MR) is 82.0 cm³/mol. The molecule has 2 aliphatic rings. The first kappa shape index (κ1) is 13.6. The van der Waals surface area contributed by atoms with Crippen molar-refractivity contribution in [1.29, 1.82) is 0 Å². The summed E-state index contributed by atoms with van der Waals surface area (Å²) in [5.41, 5.74) is 2.35. The summed E-state index contributed by atoms with van der Waals surface area (Å²) in [5.74, 6) is 0. The van der Waals surface area contributed by atoms with Crippen LogP contribution in [-0.2, 0) is 4.84 Å². The van der Waals surface area contributed by atoms with Gasteiger partial charge in [0, 0.05) is 31.0 Å². The highest BCUT2D eigenvalue weighted by Crippen LogP contribution is 2.41. The number of benzene rings is 1. The Morgan fingerprint density at radius 2 is 1.95 bits per heavy atom. The second kappa shape index (κ2) is 4.59. The molecule has 1 aromatic carbocycles. The standard InChI is InChI=1S/C17H24N2O/c1-13-10-17(12-19(13)16(2,3)4)11-15(18-20-17)14-8-6-5-7-9-14/h5-9,13H,10-12H2,1-4H3/t13-,17+/m1/s1. The lowest BCUT2D eigenvalue weighted by atomic mass is 9.92. The molecular weight excluding hydrogens is 248 g/mol. The molecule has 0 bridgehead atoms. The summed E-state index contributed by atoms with van der Waals surface area (Å²) in [6.45, 7) is 10.1. The van der Waals surface area contributed by atoms with Crippen LogP contribution in [0.1, 0.15) is 46.1 Å². The molecule has 2 heterocycles. The van der Waals surface area contributed by atoms with E-state index in [9.17, 15) is 0 Å². The molecule has 1 saturated heterocycles. The van der Waals surface area contributed by atoms with Crippen molar-refractivity contribution in [3.05, 3.63) is 35.9 Å². The molecule has 0 radical (unpaired) electrons. The summed E-state index contributed by atoms with van der Waals surface area (Å²) >= 11 is 0. The second-order valence-electron chi connectivity index (χ2n) is 7.21. The van der Waals surface area contributed by atoms with Crippen molar-refractivity contribution in [1.82, 2.24) is 4.90 Å². The Bertz CT molecular complexity index is 518. The van der Waals surface area contributed by atoms with Crippen LogP contribution >= 0.6 is 0 Å². The molecule has 108 valence electrons. The number of hydrogen-bond acceptors (Lipinski definition) is 3. The first-order valence-corrected chi connectivity index (χ1v) is 7.47. The summed E-state index contributed by atoms with van der Waals surface area (Å²) in [5, 5.41) is 4.38. The molecule has 3 rings (SSSR count). The molecular formula is C17H24N2O. The summed E-state index contributed by atoms with van der Waals surface area (Å²) in [6.07, 6.45) is 1.98. The van der Waals surface area contributed by atoms with E-state index >= 15 is 0 Å². The molecule has 3 nitrogen and oxygen atoms in total. The van der Waals surface area contributed by atoms with Gasteiger partial charge in [0.1, 0.15) is 0 Å². The van der Waals surface area contributed by atoms with Gasteiger partial charge < -0.3 is 4.84 Å². The van der Waals surface area contributed by atoms with Crippen LogP contribution in [0.3, 0.4) is 0 Å². The van der Waals surface area contributed by atoms with E-state index in [0.717, 1.165) is 25.1 Å². The maximum atomic E-state index is 5.91. The van der Waals surface area contributed by atoms with E-state index < -0.39 is 0 Å². The minimum atomic E-state index is -0.113. The number of rotatable bonds is 1. The Morgan fingerprint density at radius 3 is 2.55 bits per heavy atom. The summed E-state index contributed by atoms with van der Waals surface area (Å²) < 4.78 is 0. The van der Waals surface area contributed by atoms with Gasteiger partial charge in [0.2, 0.25) is 0 Å². The lowest BCUT2D eigenvalue weighted by Gasteiger charge is -2.35. The van der Waals surface area contributed by atoms with Crippen molar-refractivity contribution in [2.45, 2.75) is 57.7 Å². The third-order valence-electron chi connectivity index (χ3n) is 4.47. The minimum absolute atomic E-state index is 0.113. The fourth-order valence-corrected chi connectivity index (χ4v) is 3.58. The van der Waals surface area contributed by atoms with E-state index in [2.05, 4.69) is 62.0 Å². The topological polar surface area (TPSA) is 24.8 Å². The average Bonchev–Trinajstić information content (AvgIpc) is 2.95. The Kier molecular flexibility index (Phi) is 3.13. The van der Waals surface area contributed by atoms with E-state index in [4.69, 9.17) is 4.84 Å². The van der Waals surface area contributed by atoms with Gasteiger partial charge in [0.25, 0.3) is 0 Å². The van der Waals surface area contributed by atoms with Crippen LogP contribution in [0.15, 0.2) is 35.5 Å². The molecule has 0 aromatic heterocycles. The van der Waals surface area contributed by atoms with E-state index in [1.54, 1.807) is 0 Å². The van der Waals surface area contributed by atoms with Gasteiger partial charge in [0.15, 0.2) is 5.60 Å². The summed E-state index contributed by atoms with van der Waals surface area (Å²) in [6, 6.07) is 10.9. The van der Waals surface area contributed by atoms with E-state index in [1.807, 2.05) is 6.07 Å². The third-order valence-corrected chi connectivity index (χ3v) is 4.47. The van der Waals surface area contributed by atoms with Crippen molar-refractivity contribution in [3.63, 3.8) is 0 Å². The molecule has 0 saturated carbocycles. The second-order valence-corrected chi connectivity index (χ2v) is 7.21. The van der Waals surface area contributed by atoms with Crippen molar-refractivity contribution in [2.75, 3.05) is 6.54 Å². The predicted octanol–water partition coefficient (Wildman–Crippen LogP) is 3.44. The molecule has 1 aromatic rings. The van der Waals surface area contributed by atoms with Gasteiger partial charge in [-0.05, 0) is 33.3 Å². The van der Waals surface area contributed by atoms with Gasteiger partial charge in [-0.3, -0.25) is 4.90 Å². The van der Waals surface area contributed by atoms with Gasteiger partial charge in [0.05, 0.1) is 5.71 Å². The zero-order chi connectivity index (χ0) is 14.4. The van der Waals surface area contributed by atoms with Gasteiger partial charge >= 0.3 is 0 Å². The normalized spacial score (nSPS) is 30.6. The highest BCUT2D eigenvalue weighted by atomic mass is 16.7. The molecule has 0 aliphatic carbocycles. The van der Waals surface area contributed by atoms with Crippen LogP contribution in [-0.4, -0.2) is 34.3 Å². The molecule has 0 unspecified atom stereocenters. The molecule has 1 spiro atoms. The molecule has 3 heteroatoms. The van der Waals surface area contributed by atoms with Crippen LogP contribution in [0.5, 0.6) is 0 Å². The minimum Gasteiger partial charge on any atom is -0.387 e. The highest BCUT2D eigenvalue weighted by molar-refractivity contribution is 6.01. The number of oxime groups is 1. The van der Waals surface area contributed by atoms with Crippen LogP contribution in [0.2, 0.25) is 0 Å². The van der Waals surface area contributed by atoms with Crippen molar-refractivity contribution in [3.8, 4) is 0 Å². The first-order valence-electron chi connectivity index (χ1n) is 7.47. The van der Waals surface area contributed by atoms with Crippen LogP contribution < -0.4 is 0 Å². The van der Waals surface area contributed by atoms with Gasteiger partial charge in [-0.15, -0.1) is 0 Å². The van der Waals surface area contributed by atoms with Crippen LogP contribution in [0.25, 0.3) is 0 Å². The summed E-state index contributed by atoms with van der Waals surface area (Å²) in [4.78, 5) is 8.45. The van der Waals surface area contributed by atoms with Gasteiger partial charge in [-0.1, -0.05) is 35.5 Å². The fraction of sp³-hybridized carbons (Fsp3) is 0.588. The SMILES string of the molecule is C[C@@H]1C[C@]2(CC(c3ccccc3)=NO2)CN1C(C)(C)C. The molecule has 1 fully saturated rings. The number of nitrogens with zero attached hydrogens (tertiary/aromatic N) is 2. The van der Waals surface area contributed by atoms with Crippen LogP contribution in [0.4, 0.5) is 0 Å². The van der Waals surface area contributed by atoms with Crippen LogP contribution in [0, 0.1) is 0 Å². The van der Waals surface area contributed by atoms with E-state index in [1.165, 1.54) is 5.56 Å². The maximum Gasteiger partial charge on any atom is 0.157 e. The van der Waals surface area contributed by atoms with Gasteiger partial charge in [-0.25, -0.2) is 0 Å². The maximum absolute atomic E-state index is 5.91. The highest BCUT2D eigenvalue weighted by Gasteiger charge is 2.50. The Labute approximate surface area is 121 Å². The lowest BCUT2D eigenvalue weighted by Crippen LogP contribution is -2.45. The molecule has 20 heavy (non-hydrogen) atoms. The Hall–Kier alpha value is -1.35. The number of likely N-dealkylation sites (tertiary alicyclic amines) is 1. The zero-order valence-corrected chi connectivity index (χ0v) is 12.9. The van der Waals surface area contributed by atoms with Crippen molar-refractivity contribution in [2.24, 2.45) is 5.16 Å². The van der Waals surface area contributed by atoms with Gasteiger partial charge in [-0.2, -0.15) is 0 Å². The van der Waals surface area contributed by atoms with Crippen molar-refractivity contribution < 1.29 is 4.84 Å². The monoisotopic (exact) mass is 272 g/mol. The fourth-order valence-electron chi connectivity index (χ4n) is 3.58. The smallest absolute Gasteiger partial charge is 0.157 e. The first-order chi connectivity index (χ1) is 9.40. The molecule has 2 atom stereocenters. The summed E-state index contributed by atoms with van der Waals surface area (Å²) in [7, 11) is 0. The van der Waals surface area contributed by atoms with Crippen molar-refractivity contribution >= 4 is 5.71 Å². The lowest BCUT2D eigenvalue weighted by molar-refractivity contribution is -0.0168. The average molecular weight is 272 g/mol. The molecule has 0 N–H and O–H groups in total. The molecule has 2 aliphatic heterocycles. The molecule has 0 amide bonds. The van der Waals surface area contributed by atoms with E-state index in [-0.39, 0.29) is 11.1 Å². The largest absolute Gasteiger partial charge is 0.387 e. The van der Waals surface area contributed by atoms with E-state index in [0.29, 0.717) is 6.04 Å².